The number of hydrogen-bond donors (Lipinski definition) is 1. The molecule has 25 heavy (non-hydrogen) atoms. The Labute approximate surface area is 145 Å². The van der Waals surface area contributed by atoms with Crippen molar-refractivity contribution in [3.05, 3.63) is 29.8 Å². The standard InChI is InChI=1S/C18H21N3O4/c1-18(13-6-7-13)16(23)21(17(24)19-18)11-15(22)20-8-9-25-14-5-3-2-4-12(14)10-20/h2-5,13H,6-11H2,1H3,(H,19,24). The zero-order valence-corrected chi connectivity index (χ0v) is 14.2. The minimum absolute atomic E-state index is 0.183. The van der Waals surface area contributed by atoms with Crippen molar-refractivity contribution in [2.45, 2.75) is 31.8 Å². The van der Waals surface area contributed by atoms with Crippen LogP contribution in [0.15, 0.2) is 24.3 Å². The van der Waals surface area contributed by atoms with E-state index in [1.165, 1.54) is 0 Å². The highest BCUT2D eigenvalue weighted by atomic mass is 16.5. The minimum Gasteiger partial charge on any atom is -0.491 e. The number of imide groups is 1. The fourth-order valence-corrected chi connectivity index (χ4v) is 3.57. The summed E-state index contributed by atoms with van der Waals surface area (Å²) in [6, 6.07) is 7.11. The van der Waals surface area contributed by atoms with E-state index in [4.69, 9.17) is 4.74 Å². The van der Waals surface area contributed by atoms with Crippen LogP contribution in [-0.2, 0) is 16.1 Å². The average molecular weight is 343 g/mol. The molecule has 3 aliphatic rings. The van der Waals surface area contributed by atoms with Gasteiger partial charge in [0.2, 0.25) is 5.91 Å². The molecule has 7 nitrogen and oxygen atoms in total. The Morgan fingerprint density at radius 2 is 2.08 bits per heavy atom. The van der Waals surface area contributed by atoms with Crippen molar-refractivity contribution >= 4 is 17.8 Å². The Kier molecular flexibility index (Phi) is 3.67. The largest absolute Gasteiger partial charge is 0.491 e. The number of urea groups is 1. The fraction of sp³-hybridized carbons (Fsp3) is 0.500. The number of rotatable bonds is 3. The Balaban J connectivity index is 1.47. The normalized spacial score (nSPS) is 26.0. The molecule has 1 saturated heterocycles. The average Bonchev–Trinajstić information content (AvgIpc) is 3.42. The number of fused-ring (bicyclic) bond motifs is 1. The number of benzene rings is 1. The van der Waals surface area contributed by atoms with Gasteiger partial charge in [0.25, 0.3) is 5.91 Å². The zero-order chi connectivity index (χ0) is 17.6. The van der Waals surface area contributed by atoms with Crippen LogP contribution in [0, 0.1) is 5.92 Å². The molecule has 1 unspecified atom stereocenters. The first-order valence-corrected chi connectivity index (χ1v) is 8.61. The number of carbonyl (C=O) groups excluding carboxylic acids is 3. The van der Waals surface area contributed by atoms with Gasteiger partial charge in [-0.3, -0.25) is 14.5 Å². The first kappa shape index (κ1) is 15.9. The van der Waals surface area contributed by atoms with E-state index in [1.54, 1.807) is 11.8 Å². The van der Waals surface area contributed by atoms with Crippen molar-refractivity contribution in [2.24, 2.45) is 5.92 Å². The van der Waals surface area contributed by atoms with E-state index in [2.05, 4.69) is 5.32 Å². The zero-order valence-electron chi connectivity index (χ0n) is 14.2. The number of hydrogen-bond acceptors (Lipinski definition) is 4. The van der Waals surface area contributed by atoms with E-state index < -0.39 is 11.6 Å². The van der Waals surface area contributed by atoms with Crippen molar-refractivity contribution < 1.29 is 19.1 Å². The first-order chi connectivity index (χ1) is 12.0. The maximum atomic E-state index is 12.7. The summed E-state index contributed by atoms with van der Waals surface area (Å²) in [5, 5.41) is 2.77. The van der Waals surface area contributed by atoms with Crippen LogP contribution in [-0.4, -0.2) is 52.9 Å². The second kappa shape index (κ2) is 5.75. The molecule has 132 valence electrons. The maximum absolute atomic E-state index is 12.7. The van der Waals surface area contributed by atoms with Gasteiger partial charge < -0.3 is 15.0 Å². The van der Waals surface area contributed by atoms with Gasteiger partial charge in [-0.2, -0.15) is 0 Å². The van der Waals surface area contributed by atoms with Gasteiger partial charge >= 0.3 is 6.03 Å². The predicted octanol–water partition coefficient (Wildman–Crippen LogP) is 1.13. The maximum Gasteiger partial charge on any atom is 0.325 e. The smallest absolute Gasteiger partial charge is 0.325 e. The number of ether oxygens (including phenoxy) is 1. The SMILES string of the molecule is CC1(C2CC2)NC(=O)N(CC(=O)N2CCOc3ccccc3C2)C1=O. The van der Waals surface area contributed by atoms with Crippen molar-refractivity contribution in [1.29, 1.82) is 0 Å². The molecular formula is C18H21N3O4. The Bertz CT molecular complexity index is 746. The second-order valence-electron chi connectivity index (χ2n) is 7.07. The van der Waals surface area contributed by atoms with E-state index in [9.17, 15) is 14.4 Å². The minimum atomic E-state index is -0.855. The van der Waals surface area contributed by atoms with E-state index in [1.807, 2.05) is 24.3 Å². The van der Waals surface area contributed by atoms with E-state index in [0.29, 0.717) is 19.7 Å². The molecule has 2 aliphatic heterocycles. The van der Waals surface area contributed by atoms with Gasteiger partial charge in [0.15, 0.2) is 0 Å². The van der Waals surface area contributed by atoms with Gasteiger partial charge in [-0.15, -0.1) is 0 Å². The summed E-state index contributed by atoms with van der Waals surface area (Å²) in [6.07, 6.45) is 1.87. The number of amides is 4. The highest BCUT2D eigenvalue weighted by Crippen LogP contribution is 2.42. The van der Waals surface area contributed by atoms with Crippen LogP contribution < -0.4 is 10.1 Å². The van der Waals surface area contributed by atoms with Crippen LogP contribution in [0.2, 0.25) is 0 Å². The van der Waals surface area contributed by atoms with Crippen molar-refractivity contribution in [2.75, 3.05) is 19.7 Å². The van der Waals surface area contributed by atoms with Crippen molar-refractivity contribution in [3.8, 4) is 5.75 Å². The molecule has 0 spiro atoms. The molecule has 1 aromatic carbocycles. The lowest BCUT2D eigenvalue weighted by Crippen LogP contribution is -2.47. The summed E-state index contributed by atoms with van der Waals surface area (Å²) in [5.74, 6) is 0.417. The summed E-state index contributed by atoms with van der Waals surface area (Å²) in [6.45, 7) is 2.76. The quantitative estimate of drug-likeness (QED) is 0.835. The Morgan fingerprint density at radius 3 is 2.84 bits per heavy atom. The molecule has 0 bridgehead atoms. The molecular weight excluding hydrogens is 322 g/mol. The second-order valence-corrected chi connectivity index (χ2v) is 7.07. The molecule has 1 aliphatic carbocycles. The Morgan fingerprint density at radius 1 is 1.32 bits per heavy atom. The Hall–Kier alpha value is -2.57. The summed E-state index contributed by atoms with van der Waals surface area (Å²) >= 11 is 0. The van der Waals surface area contributed by atoms with Gasteiger partial charge in [0.05, 0.1) is 6.54 Å². The molecule has 4 rings (SSSR count). The summed E-state index contributed by atoms with van der Waals surface area (Å²) in [5.41, 5.74) is 0.0691. The third-order valence-corrected chi connectivity index (χ3v) is 5.29. The molecule has 1 aromatic rings. The summed E-state index contributed by atoms with van der Waals surface area (Å²) in [7, 11) is 0. The number of nitrogens with zero attached hydrogens (tertiary/aromatic N) is 2. The van der Waals surface area contributed by atoms with Crippen LogP contribution in [0.5, 0.6) is 5.75 Å². The number of para-hydroxylation sites is 1. The predicted molar refractivity (Wildman–Crippen MR) is 88.7 cm³/mol. The van der Waals surface area contributed by atoms with Gasteiger partial charge in [-0.25, -0.2) is 4.79 Å². The highest BCUT2D eigenvalue weighted by molar-refractivity contribution is 6.09. The van der Waals surface area contributed by atoms with Crippen LogP contribution >= 0.6 is 0 Å². The van der Waals surface area contributed by atoms with Crippen LogP contribution in [0.25, 0.3) is 0 Å². The molecule has 0 aromatic heterocycles. The fourth-order valence-electron chi connectivity index (χ4n) is 3.57. The molecule has 4 amide bonds. The first-order valence-electron chi connectivity index (χ1n) is 8.61. The molecule has 1 atom stereocenters. The molecule has 7 heteroatoms. The molecule has 0 radical (unpaired) electrons. The lowest BCUT2D eigenvalue weighted by atomic mass is 9.96. The molecule has 1 saturated carbocycles. The highest BCUT2D eigenvalue weighted by Gasteiger charge is 2.56. The lowest BCUT2D eigenvalue weighted by Gasteiger charge is -2.23. The number of carbonyl (C=O) groups is 3. The topological polar surface area (TPSA) is 79.0 Å². The van der Waals surface area contributed by atoms with Crippen LogP contribution in [0.4, 0.5) is 4.79 Å². The van der Waals surface area contributed by atoms with E-state index >= 15 is 0 Å². The third kappa shape index (κ3) is 2.73. The number of nitrogens with one attached hydrogen (secondary N) is 1. The monoisotopic (exact) mass is 343 g/mol. The van der Waals surface area contributed by atoms with Crippen molar-refractivity contribution in [3.63, 3.8) is 0 Å². The third-order valence-electron chi connectivity index (χ3n) is 5.29. The van der Waals surface area contributed by atoms with Crippen LogP contribution in [0.3, 0.4) is 0 Å². The van der Waals surface area contributed by atoms with E-state index in [-0.39, 0.29) is 24.3 Å². The van der Waals surface area contributed by atoms with E-state index in [0.717, 1.165) is 29.1 Å². The lowest BCUT2D eigenvalue weighted by molar-refractivity contribution is -0.139. The summed E-state index contributed by atoms with van der Waals surface area (Å²) < 4.78 is 5.66. The van der Waals surface area contributed by atoms with Gasteiger partial charge in [0, 0.05) is 12.1 Å². The molecule has 2 fully saturated rings. The van der Waals surface area contributed by atoms with Gasteiger partial charge in [-0.1, -0.05) is 18.2 Å². The van der Waals surface area contributed by atoms with Gasteiger partial charge in [0.1, 0.15) is 24.4 Å². The van der Waals surface area contributed by atoms with Crippen molar-refractivity contribution in [1.82, 2.24) is 15.1 Å². The van der Waals surface area contributed by atoms with Gasteiger partial charge in [-0.05, 0) is 31.7 Å². The molecule has 2 heterocycles. The molecule has 1 N–H and O–H groups in total. The summed E-state index contributed by atoms with van der Waals surface area (Å²) in [4.78, 5) is 40.3. The van der Waals surface area contributed by atoms with Crippen LogP contribution in [0.1, 0.15) is 25.3 Å².